The van der Waals surface area contributed by atoms with Crippen molar-refractivity contribution in [2.24, 2.45) is 7.05 Å². The maximum Gasteiger partial charge on any atom is 0.139 e. The fourth-order valence-electron chi connectivity index (χ4n) is 2.28. The molecule has 0 bridgehead atoms. The van der Waals surface area contributed by atoms with Crippen molar-refractivity contribution in [3.63, 3.8) is 0 Å². The number of anilines is 1. The molecule has 20 heavy (non-hydrogen) atoms. The third-order valence-corrected chi connectivity index (χ3v) is 3.28. The van der Waals surface area contributed by atoms with Gasteiger partial charge in [0, 0.05) is 31.9 Å². The Labute approximate surface area is 116 Å². The summed E-state index contributed by atoms with van der Waals surface area (Å²) in [6, 6.07) is 7.99. The van der Waals surface area contributed by atoms with Crippen molar-refractivity contribution in [1.82, 2.24) is 19.7 Å². The number of rotatable bonds is 5. The first kappa shape index (κ1) is 12.7. The van der Waals surface area contributed by atoms with E-state index >= 15 is 0 Å². The fourth-order valence-corrected chi connectivity index (χ4v) is 2.28. The highest BCUT2D eigenvalue weighted by molar-refractivity contribution is 5.77. The van der Waals surface area contributed by atoms with Crippen molar-refractivity contribution >= 4 is 16.9 Å². The summed E-state index contributed by atoms with van der Waals surface area (Å²) in [6.07, 6.45) is 3.66. The number of pyridine rings is 1. The molecule has 3 rings (SSSR count). The summed E-state index contributed by atoms with van der Waals surface area (Å²) in [5.41, 5.74) is 1.93. The molecule has 6 nitrogen and oxygen atoms in total. The number of fused-ring (bicyclic) bond motifs is 1. The van der Waals surface area contributed by atoms with Crippen molar-refractivity contribution in [3.05, 3.63) is 42.4 Å². The molecule has 0 radical (unpaired) electrons. The van der Waals surface area contributed by atoms with Gasteiger partial charge in [-0.3, -0.25) is 4.68 Å². The zero-order valence-electron chi connectivity index (χ0n) is 11.5. The topological polar surface area (TPSA) is 67.8 Å². The van der Waals surface area contributed by atoms with Gasteiger partial charge in [-0.25, -0.2) is 4.98 Å². The number of hydrogen-bond acceptors (Lipinski definition) is 4. The van der Waals surface area contributed by atoms with E-state index in [1.807, 2.05) is 42.2 Å². The number of ether oxygens (including phenoxy) is 1. The molecule has 0 aliphatic heterocycles. The van der Waals surface area contributed by atoms with Gasteiger partial charge in [-0.1, -0.05) is 0 Å². The first-order valence-corrected chi connectivity index (χ1v) is 6.45. The van der Waals surface area contributed by atoms with Gasteiger partial charge in [0.25, 0.3) is 0 Å². The van der Waals surface area contributed by atoms with Crippen molar-refractivity contribution in [2.75, 3.05) is 19.0 Å². The number of aryl methyl sites for hydroxylation is 1. The van der Waals surface area contributed by atoms with Crippen LogP contribution in [0.15, 0.2) is 36.7 Å². The van der Waals surface area contributed by atoms with Crippen molar-refractivity contribution in [2.45, 2.75) is 6.04 Å². The van der Waals surface area contributed by atoms with Crippen LogP contribution in [-0.4, -0.2) is 33.5 Å². The predicted octanol–water partition coefficient (Wildman–Crippen LogP) is 2.10. The Morgan fingerprint density at radius 2 is 2.25 bits per heavy atom. The standard InChI is InChI=1S/C14H17N5O/c1-19-12(6-8-16-19)11(9-20-2)17-13-4-3-10-5-7-15-14(10)18-13/h3-8,11H,9H2,1-2H3,(H2,15,17,18)/t11-/m1/s1. The summed E-state index contributed by atoms with van der Waals surface area (Å²) < 4.78 is 7.13. The van der Waals surface area contributed by atoms with Crippen LogP contribution in [0, 0.1) is 0 Å². The van der Waals surface area contributed by atoms with Crippen LogP contribution in [0.5, 0.6) is 0 Å². The number of nitrogens with zero attached hydrogens (tertiary/aromatic N) is 3. The summed E-state index contributed by atoms with van der Waals surface area (Å²) in [5, 5.41) is 8.68. The molecule has 0 aromatic carbocycles. The normalized spacial score (nSPS) is 12.7. The third kappa shape index (κ3) is 2.37. The molecule has 0 fully saturated rings. The van der Waals surface area contributed by atoms with Crippen LogP contribution >= 0.6 is 0 Å². The highest BCUT2D eigenvalue weighted by Gasteiger charge is 2.15. The lowest BCUT2D eigenvalue weighted by molar-refractivity contribution is 0.184. The average Bonchev–Trinajstić information content (AvgIpc) is 3.06. The first-order valence-electron chi connectivity index (χ1n) is 6.45. The Morgan fingerprint density at radius 3 is 3.00 bits per heavy atom. The molecule has 6 heteroatoms. The maximum absolute atomic E-state index is 5.29. The number of H-pyrrole nitrogens is 1. The molecule has 0 aliphatic carbocycles. The van der Waals surface area contributed by atoms with Gasteiger partial charge in [-0.15, -0.1) is 0 Å². The Morgan fingerprint density at radius 1 is 1.35 bits per heavy atom. The summed E-state index contributed by atoms with van der Waals surface area (Å²) in [7, 11) is 3.61. The molecule has 1 atom stereocenters. The molecule has 0 amide bonds. The number of nitrogens with one attached hydrogen (secondary N) is 2. The van der Waals surface area contributed by atoms with E-state index in [-0.39, 0.29) is 6.04 Å². The van der Waals surface area contributed by atoms with Gasteiger partial charge < -0.3 is 15.0 Å². The van der Waals surface area contributed by atoms with Crippen molar-refractivity contribution in [1.29, 1.82) is 0 Å². The largest absolute Gasteiger partial charge is 0.382 e. The van der Waals surface area contributed by atoms with E-state index < -0.39 is 0 Å². The molecular formula is C14H17N5O. The third-order valence-electron chi connectivity index (χ3n) is 3.28. The molecule has 3 heterocycles. The van der Waals surface area contributed by atoms with E-state index in [9.17, 15) is 0 Å². The Kier molecular flexibility index (Phi) is 3.39. The van der Waals surface area contributed by atoms with Crippen LogP contribution in [0.25, 0.3) is 11.0 Å². The highest BCUT2D eigenvalue weighted by atomic mass is 16.5. The van der Waals surface area contributed by atoms with Gasteiger partial charge in [0.15, 0.2) is 0 Å². The zero-order valence-corrected chi connectivity index (χ0v) is 11.5. The Hall–Kier alpha value is -2.34. The molecule has 3 aromatic rings. The van der Waals surface area contributed by atoms with Gasteiger partial charge in [-0.2, -0.15) is 5.10 Å². The molecule has 0 unspecified atom stereocenters. The first-order chi connectivity index (χ1) is 9.78. The lowest BCUT2D eigenvalue weighted by Gasteiger charge is -2.18. The van der Waals surface area contributed by atoms with E-state index in [1.54, 1.807) is 13.3 Å². The summed E-state index contributed by atoms with van der Waals surface area (Å²) >= 11 is 0. The lowest BCUT2D eigenvalue weighted by Crippen LogP contribution is -2.20. The van der Waals surface area contributed by atoms with Gasteiger partial charge in [0.1, 0.15) is 11.5 Å². The molecular weight excluding hydrogens is 254 g/mol. The van der Waals surface area contributed by atoms with E-state index in [2.05, 4.69) is 20.4 Å². The summed E-state index contributed by atoms with van der Waals surface area (Å²) in [4.78, 5) is 7.66. The lowest BCUT2D eigenvalue weighted by atomic mass is 10.2. The van der Waals surface area contributed by atoms with E-state index in [4.69, 9.17) is 4.74 Å². The second-order valence-corrected chi connectivity index (χ2v) is 4.64. The molecule has 0 spiro atoms. The number of hydrogen-bond donors (Lipinski definition) is 2. The van der Waals surface area contributed by atoms with Gasteiger partial charge in [0.05, 0.1) is 18.3 Å². The Bertz CT molecular complexity index is 702. The second-order valence-electron chi connectivity index (χ2n) is 4.64. The van der Waals surface area contributed by atoms with Crippen LogP contribution in [0.4, 0.5) is 5.82 Å². The quantitative estimate of drug-likeness (QED) is 0.745. The van der Waals surface area contributed by atoms with Gasteiger partial charge >= 0.3 is 0 Å². The monoisotopic (exact) mass is 271 g/mol. The van der Waals surface area contributed by atoms with Crippen LogP contribution < -0.4 is 5.32 Å². The van der Waals surface area contributed by atoms with Gasteiger partial charge in [-0.05, 0) is 24.3 Å². The van der Waals surface area contributed by atoms with Crippen molar-refractivity contribution < 1.29 is 4.74 Å². The zero-order chi connectivity index (χ0) is 13.9. The number of aromatic amines is 1. The SMILES string of the molecule is COC[C@@H](Nc1ccc2cc[nH]c2n1)c1ccnn1C. The minimum Gasteiger partial charge on any atom is -0.382 e. The number of methoxy groups -OCH3 is 1. The van der Waals surface area contributed by atoms with Gasteiger partial charge in [0.2, 0.25) is 0 Å². The van der Waals surface area contributed by atoms with Crippen LogP contribution in [0.3, 0.4) is 0 Å². The van der Waals surface area contributed by atoms with Crippen LogP contribution in [0.2, 0.25) is 0 Å². The van der Waals surface area contributed by atoms with Crippen LogP contribution in [-0.2, 0) is 11.8 Å². The molecule has 3 aromatic heterocycles. The Balaban J connectivity index is 1.87. The molecule has 2 N–H and O–H groups in total. The average molecular weight is 271 g/mol. The van der Waals surface area contributed by atoms with E-state index in [0.717, 1.165) is 22.5 Å². The molecule has 0 aliphatic rings. The van der Waals surface area contributed by atoms with Crippen molar-refractivity contribution in [3.8, 4) is 0 Å². The highest BCUT2D eigenvalue weighted by Crippen LogP contribution is 2.20. The minimum atomic E-state index is 0.00686. The maximum atomic E-state index is 5.29. The molecule has 0 saturated carbocycles. The number of aromatic nitrogens is 4. The predicted molar refractivity (Wildman–Crippen MR) is 77.5 cm³/mol. The summed E-state index contributed by atoms with van der Waals surface area (Å²) in [5.74, 6) is 0.809. The second kappa shape index (κ2) is 5.34. The molecule has 104 valence electrons. The minimum absolute atomic E-state index is 0.00686. The molecule has 0 saturated heterocycles. The smallest absolute Gasteiger partial charge is 0.139 e. The van der Waals surface area contributed by atoms with E-state index in [0.29, 0.717) is 6.61 Å². The fraction of sp³-hybridized carbons (Fsp3) is 0.286. The summed E-state index contributed by atoms with van der Waals surface area (Å²) in [6.45, 7) is 0.546. The van der Waals surface area contributed by atoms with E-state index in [1.165, 1.54) is 0 Å². The van der Waals surface area contributed by atoms with Crippen LogP contribution in [0.1, 0.15) is 11.7 Å².